The second kappa shape index (κ2) is 6.21. The lowest BCUT2D eigenvalue weighted by molar-refractivity contribution is -0.385. The summed E-state index contributed by atoms with van der Waals surface area (Å²) in [4.78, 5) is 23.6. The molecule has 1 fully saturated rings. The first-order valence-corrected chi connectivity index (χ1v) is 8.87. The summed E-state index contributed by atoms with van der Waals surface area (Å²) < 4.78 is 0. The Kier molecular flexibility index (Phi) is 4.00. The van der Waals surface area contributed by atoms with Crippen LogP contribution in [0.1, 0.15) is 34.0 Å². The molecule has 0 radical (unpaired) electrons. The standard InChI is InChI=1S/C20H21N3O3/c1-12-9-16(7-8-19(12)23(25)26)20(24)22-13(2)17-10-14-5-3-4-6-15(14)11-18(17)21-22/h3-9,13,17-18,21H,10-11H2,1-2H3/t13-,17+,18?/m1/s1. The summed E-state index contributed by atoms with van der Waals surface area (Å²) in [6.07, 6.45) is 1.87. The Morgan fingerprint density at radius 3 is 2.54 bits per heavy atom. The Morgan fingerprint density at radius 2 is 1.88 bits per heavy atom. The van der Waals surface area contributed by atoms with Crippen LogP contribution in [0, 0.1) is 23.0 Å². The van der Waals surface area contributed by atoms with Gasteiger partial charge in [0.05, 0.1) is 11.0 Å². The molecule has 2 aromatic carbocycles. The van der Waals surface area contributed by atoms with Crippen LogP contribution in [0.3, 0.4) is 0 Å². The summed E-state index contributed by atoms with van der Waals surface area (Å²) in [5.74, 6) is 0.238. The van der Waals surface area contributed by atoms with Crippen LogP contribution in [0.25, 0.3) is 0 Å². The second-order valence-corrected chi connectivity index (χ2v) is 7.25. The number of fused-ring (bicyclic) bond motifs is 2. The number of aryl methyl sites for hydroxylation is 1. The molecule has 0 bridgehead atoms. The number of hydrazine groups is 1. The number of hydrogen-bond donors (Lipinski definition) is 1. The fraction of sp³-hybridized carbons (Fsp3) is 0.350. The lowest BCUT2D eigenvalue weighted by Gasteiger charge is -2.28. The van der Waals surface area contributed by atoms with Gasteiger partial charge in [0, 0.05) is 29.2 Å². The number of nitro benzene ring substituents is 1. The summed E-state index contributed by atoms with van der Waals surface area (Å²) in [5.41, 5.74) is 7.10. The molecule has 0 spiro atoms. The number of nitrogens with zero attached hydrogens (tertiary/aromatic N) is 2. The first-order valence-electron chi connectivity index (χ1n) is 8.87. The number of nitrogens with one attached hydrogen (secondary N) is 1. The van der Waals surface area contributed by atoms with E-state index in [9.17, 15) is 14.9 Å². The summed E-state index contributed by atoms with van der Waals surface area (Å²) >= 11 is 0. The minimum atomic E-state index is -0.425. The van der Waals surface area contributed by atoms with E-state index in [2.05, 4.69) is 36.6 Å². The molecule has 2 aliphatic rings. The van der Waals surface area contributed by atoms with Gasteiger partial charge < -0.3 is 0 Å². The minimum Gasteiger partial charge on any atom is -0.270 e. The van der Waals surface area contributed by atoms with Crippen LogP contribution in [-0.4, -0.2) is 27.9 Å². The molecule has 0 saturated carbocycles. The van der Waals surface area contributed by atoms with Crippen molar-refractivity contribution >= 4 is 11.6 Å². The molecule has 6 heteroatoms. The Morgan fingerprint density at radius 1 is 1.19 bits per heavy atom. The molecule has 1 saturated heterocycles. The molecular weight excluding hydrogens is 330 g/mol. The predicted octanol–water partition coefficient (Wildman–Crippen LogP) is 3.04. The average Bonchev–Trinajstić information content (AvgIpc) is 2.94. The van der Waals surface area contributed by atoms with E-state index in [0.29, 0.717) is 17.0 Å². The van der Waals surface area contributed by atoms with E-state index in [0.717, 1.165) is 12.8 Å². The molecule has 26 heavy (non-hydrogen) atoms. The van der Waals surface area contributed by atoms with Crippen molar-refractivity contribution < 1.29 is 9.72 Å². The maximum absolute atomic E-state index is 13.0. The van der Waals surface area contributed by atoms with Crippen LogP contribution in [0.2, 0.25) is 0 Å². The Hall–Kier alpha value is -2.73. The van der Waals surface area contributed by atoms with Gasteiger partial charge in [-0.3, -0.25) is 19.9 Å². The maximum atomic E-state index is 13.0. The van der Waals surface area contributed by atoms with Gasteiger partial charge in [-0.15, -0.1) is 0 Å². The zero-order chi connectivity index (χ0) is 18.4. The third-order valence-electron chi connectivity index (χ3n) is 5.72. The monoisotopic (exact) mass is 351 g/mol. The average molecular weight is 351 g/mol. The summed E-state index contributed by atoms with van der Waals surface area (Å²) in [7, 11) is 0. The lowest BCUT2D eigenvalue weighted by atomic mass is 9.78. The molecule has 1 heterocycles. The van der Waals surface area contributed by atoms with Crippen LogP contribution >= 0.6 is 0 Å². The third kappa shape index (κ3) is 2.66. The molecule has 1 unspecified atom stereocenters. The van der Waals surface area contributed by atoms with E-state index >= 15 is 0 Å². The smallest absolute Gasteiger partial charge is 0.270 e. The van der Waals surface area contributed by atoms with E-state index < -0.39 is 4.92 Å². The highest BCUT2D eigenvalue weighted by molar-refractivity contribution is 5.94. The number of carbonyl (C=O) groups excluding carboxylic acids is 1. The van der Waals surface area contributed by atoms with Crippen molar-refractivity contribution in [1.29, 1.82) is 0 Å². The van der Waals surface area contributed by atoms with Gasteiger partial charge in [0.25, 0.3) is 11.6 Å². The maximum Gasteiger partial charge on any atom is 0.272 e. The van der Waals surface area contributed by atoms with Gasteiger partial charge in [0.2, 0.25) is 0 Å². The first kappa shape index (κ1) is 16.7. The van der Waals surface area contributed by atoms with Crippen molar-refractivity contribution in [2.45, 2.75) is 38.8 Å². The predicted molar refractivity (Wildman–Crippen MR) is 97.7 cm³/mol. The summed E-state index contributed by atoms with van der Waals surface area (Å²) in [5, 5.41) is 12.7. The molecule has 1 aliphatic heterocycles. The van der Waals surface area contributed by atoms with E-state index in [4.69, 9.17) is 0 Å². The Balaban J connectivity index is 1.57. The van der Waals surface area contributed by atoms with E-state index in [1.807, 2.05) is 0 Å². The molecule has 134 valence electrons. The fourth-order valence-corrected chi connectivity index (χ4v) is 4.25. The summed E-state index contributed by atoms with van der Waals surface area (Å²) in [6, 6.07) is 13.3. The summed E-state index contributed by atoms with van der Waals surface area (Å²) in [6.45, 7) is 3.73. The topological polar surface area (TPSA) is 75.5 Å². The SMILES string of the molecule is Cc1cc(C(=O)N2NC3Cc4ccccc4C[C@H]3[C@H]2C)ccc1[N+](=O)[O-]. The number of carbonyl (C=O) groups is 1. The minimum absolute atomic E-state index is 0.0353. The number of benzene rings is 2. The van der Waals surface area contributed by atoms with Crippen LogP contribution in [-0.2, 0) is 12.8 Å². The van der Waals surface area contributed by atoms with Gasteiger partial charge in [-0.2, -0.15) is 0 Å². The largest absolute Gasteiger partial charge is 0.272 e. The van der Waals surface area contributed by atoms with E-state index in [1.165, 1.54) is 17.2 Å². The molecule has 6 nitrogen and oxygen atoms in total. The van der Waals surface area contributed by atoms with Gasteiger partial charge in [-0.05, 0) is 49.9 Å². The highest BCUT2D eigenvalue weighted by atomic mass is 16.6. The molecule has 3 atom stereocenters. The zero-order valence-electron chi connectivity index (χ0n) is 14.8. The quantitative estimate of drug-likeness (QED) is 0.666. The fourth-order valence-electron chi connectivity index (χ4n) is 4.25. The number of rotatable bonds is 2. The van der Waals surface area contributed by atoms with Gasteiger partial charge >= 0.3 is 0 Å². The Bertz CT molecular complexity index is 896. The number of amides is 1. The second-order valence-electron chi connectivity index (χ2n) is 7.25. The number of nitro groups is 1. The third-order valence-corrected chi connectivity index (χ3v) is 5.72. The molecule has 0 aromatic heterocycles. The van der Waals surface area contributed by atoms with Gasteiger partial charge in [-0.25, -0.2) is 5.43 Å². The van der Waals surface area contributed by atoms with Crippen molar-refractivity contribution in [2.75, 3.05) is 0 Å². The highest BCUT2D eigenvalue weighted by Crippen LogP contribution is 2.34. The van der Waals surface area contributed by atoms with Crippen molar-refractivity contribution in [3.05, 3.63) is 74.8 Å². The number of hydrogen-bond acceptors (Lipinski definition) is 4. The molecular formula is C20H21N3O3. The van der Waals surface area contributed by atoms with Crippen molar-refractivity contribution in [2.24, 2.45) is 5.92 Å². The van der Waals surface area contributed by atoms with E-state index in [1.54, 1.807) is 24.1 Å². The molecule has 4 rings (SSSR count). The van der Waals surface area contributed by atoms with Gasteiger partial charge in [0.1, 0.15) is 0 Å². The van der Waals surface area contributed by atoms with Gasteiger partial charge in [-0.1, -0.05) is 24.3 Å². The van der Waals surface area contributed by atoms with Crippen LogP contribution in [0.4, 0.5) is 5.69 Å². The lowest BCUT2D eigenvalue weighted by Crippen LogP contribution is -2.43. The van der Waals surface area contributed by atoms with Crippen molar-refractivity contribution in [1.82, 2.24) is 10.4 Å². The highest BCUT2D eigenvalue weighted by Gasteiger charge is 2.43. The van der Waals surface area contributed by atoms with Crippen LogP contribution < -0.4 is 5.43 Å². The zero-order valence-corrected chi connectivity index (χ0v) is 14.8. The molecule has 1 aliphatic carbocycles. The molecule has 1 amide bonds. The molecule has 1 N–H and O–H groups in total. The normalized spacial score (nSPS) is 24.1. The Labute approximate surface area is 151 Å². The van der Waals surface area contributed by atoms with Crippen LogP contribution in [0.5, 0.6) is 0 Å². The van der Waals surface area contributed by atoms with Crippen molar-refractivity contribution in [3.8, 4) is 0 Å². The van der Waals surface area contributed by atoms with Crippen LogP contribution in [0.15, 0.2) is 42.5 Å². The first-order chi connectivity index (χ1) is 12.5. The van der Waals surface area contributed by atoms with Gasteiger partial charge in [0.15, 0.2) is 0 Å². The van der Waals surface area contributed by atoms with Crippen molar-refractivity contribution in [3.63, 3.8) is 0 Å². The molecule has 2 aromatic rings. The van der Waals surface area contributed by atoms with E-state index in [-0.39, 0.29) is 23.7 Å².